The first-order valence-corrected chi connectivity index (χ1v) is 7.56. The molecule has 1 atom stereocenters. The summed E-state index contributed by atoms with van der Waals surface area (Å²) in [6.45, 7) is 12.8. The first kappa shape index (κ1) is 14.9. The maximum absolute atomic E-state index is 5.75. The molecule has 1 fully saturated rings. The van der Waals surface area contributed by atoms with Crippen LogP contribution in [0.2, 0.25) is 0 Å². The summed E-state index contributed by atoms with van der Waals surface area (Å²) in [7, 11) is 0. The third-order valence-electron chi connectivity index (χ3n) is 2.93. The molecule has 0 aliphatic carbocycles. The van der Waals surface area contributed by atoms with Crippen molar-refractivity contribution in [3.05, 3.63) is 16.1 Å². The van der Waals surface area contributed by atoms with Gasteiger partial charge in [-0.1, -0.05) is 20.8 Å². The summed E-state index contributed by atoms with van der Waals surface area (Å²) in [6, 6.07) is 0. The highest BCUT2D eigenvalue weighted by Gasteiger charge is 2.32. The summed E-state index contributed by atoms with van der Waals surface area (Å²) >= 11 is 1.78. The zero-order chi connectivity index (χ0) is 14.1. The predicted octanol–water partition coefficient (Wildman–Crippen LogP) is 2.68. The number of aromatic nitrogens is 1. The second-order valence-corrected chi connectivity index (χ2v) is 7.58. The highest BCUT2D eigenvalue weighted by Crippen LogP contribution is 2.26. The van der Waals surface area contributed by atoms with Gasteiger partial charge in [0.1, 0.15) is 0 Å². The molecule has 1 aliphatic heterocycles. The molecule has 19 heavy (non-hydrogen) atoms. The van der Waals surface area contributed by atoms with E-state index in [1.807, 2.05) is 20.0 Å². The predicted molar refractivity (Wildman–Crippen MR) is 77.4 cm³/mol. The first-order chi connectivity index (χ1) is 8.76. The minimum absolute atomic E-state index is 0.134. The van der Waals surface area contributed by atoms with Crippen LogP contribution in [0.5, 0.6) is 0 Å². The zero-order valence-corrected chi connectivity index (χ0v) is 13.3. The molecule has 0 bridgehead atoms. The van der Waals surface area contributed by atoms with Gasteiger partial charge in [0, 0.05) is 29.6 Å². The molecule has 1 aromatic heterocycles. The lowest BCUT2D eigenvalue weighted by Gasteiger charge is -2.17. The van der Waals surface area contributed by atoms with Gasteiger partial charge in [-0.3, -0.25) is 0 Å². The molecule has 0 amide bonds. The summed E-state index contributed by atoms with van der Waals surface area (Å²) in [6.07, 6.45) is 2.11. The number of hydrogen-bond acceptors (Lipinski definition) is 5. The molecule has 0 spiro atoms. The molecule has 108 valence electrons. The van der Waals surface area contributed by atoms with Gasteiger partial charge in [-0.25, -0.2) is 4.98 Å². The lowest BCUT2D eigenvalue weighted by atomic mass is 9.98. The third kappa shape index (κ3) is 4.24. The summed E-state index contributed by atoms with van der Waals surface area (Å²) in [4.78, 5) is 5.75. The Bertz CT molecular complexity index is 423. The molecular weight excluding hydrogens is 260 g/mol. The third-order valence-corrected chi connectivity index (χ3v) is 4.36. The van der Waals surface area contributed by atoms with E-state index in [1.54, 1.807) is 11.3 Å². The number of nitrogens with one attached hydrogen (secondary N) is 1. The van der Waals surface area contributed by atoms with Crippen molar-refractivity contribution >= 4 is 11.3 Å². The molecule has 0 saturated carbocycles. The van der Waals surface area contributed by atoms with Gasteiger partial charge in [0.15, 0.2) is 5.79 Å². The van der Waals surface area contributed by atoms with Crippen molar-refractivity contribution in [1.29, 1.82) is 0 Å². The van der Waals surface area contributed by atoms with Crippen molar-refractivity contribution in [2.45, 2.75) is 58.5 Å². The molecule has 0 aromatic carbocycles. The SMILES string of the molecule is CC1(C)OCC(CNCc2cnc(C(C)(C)C)s2)O1. The fourth-order valence-corrected chi connectivity index (χ4v) is 2.90. The van der Waals surface area contributed by atoms with Gasteiger partial charge in [0.05, 0.1) is 17.7 Å². The quantitative estimate of drug-likeness (QED) is 0.923. The van der Waals surface area contributed by atoms with Crippen LogP contribution in [-0.4, -0.2) is 30.0 Å². The summed E-state index contributed by atoms with van der Waals surface area (Å²) < 4.78 is 11.3. The van der Waals surface area contributed by atoms with E-state index in [9.17, 15) is 0 Å². The Balaban J connectivity index is 1.76. The maximum atomic E-state index is 5.75. The largest absolute Gasteiger partial charge is 0.348 e. The molecule has 1 N–H and O–H groups in total. The van der Waals surface area contributed by atoms with Crippen molar-refractivity contribution in [3.63, 3.8) is 0 Å². The maximum Gasteiger partial charge on any atom is 0.163 e. The molecule has 5 heteroatoms. The Morgan fingerprint density at radius 1 is 1.47 bits per heavy atom. The average molecular weight is 284 g/mol. The number of hydrogen-bond donors (Lipinski definition) is 1. The molecule has 1 aromatic rings. The van der Waals surface area contributed by atoms with Crippen LogP contribution >= 0.6 is 11.3 Å². The number of rotatable bonds is 4. The Labute approximate surface area is 119 Å². The standard InChI is InChI=1S/C14H24N2O2S/c1-13(2,3)12-16-8-11(19-12)7-15-6-10-9-17-14(4,5)18-10/h8,10,15H,6-7,9H2,1-5H3. The molecule has 1 unspecified atom stereocenters. The average Bonchev–Trinajstić information content (AvgIpc) is 2.85. The molecular formula is C14H24N2O2S. The van der Waals surface area contributed by atoms with Gasteiger partial charge in [0.2, 0.25) is 0 Å². The van der Waals surface area contributed by atoms with Crippen molar-refractivity contribution in [2.75, 3.05) is 13.2 Å². The van der Waals surface area contributed by atoms with E-state index < -0.39 is 5.79 Å². The molecule has 4 nitrogen and oxygen atoms in total. The first-order valence-electron chi connectivity index (χ1n) is 6.74. The van der Waals surface area contributed by atoms with Gasteiger partial charge in [-0.2, -0.15) is 0 Å². The van der Waals surface area contributed by atoms with Crippen molar-refractivity contribution < 1.29 is 9.47 Å². The van der Waals surface area contributed by atoms with E-state index in [2.05, 4.69) is 31.1 Å². The van der Waals surface area contributed by atoms with Crippen LogP contribution in [-0.2, 0) is 21.4 Å². The number of thiazole rings is 1. The summed E-state index contributed by atoms with van der Waals surface area (Å²) in [5.74, 6) is -0.434. The monoisotopic (exact) mass is 284 g/mol. The van der Waals surface area contributed by atoms with Crippen LogP contribution in [0.1, 0.15) is 44.5 Å². The van der Waals surface area contributed by atoms with Crippen LogP contribution in [0.25, 0.3) is 0 Å². The Kier molecular flexibility index (Phi) is 4.30. The fourth-order valence-electron chi connectivity index (χ4n) is 1.96. The van der Waals surface area contributed by atoms with E-state index in [-0.39, 0.29) is 11.5 Å². The second kappa shape index (κ2) is 5.48. The van der Waals surface area contributed by atoms with E-state index in [1.165, 1.54) is 9.88 Å². The van der Waals surface area contributed by atoms with Crippen molar-refractivity contribution in [2.24, 2.45) is 0 Å². The van der Waals surface area contributed by atoms with Gasteiger partial charge >= 0.3 is 0 Å². The fraction of sp³-hybridized carbons (Fsp3) is 0.786. The minimum Gasteiger partial charge on any atom is -0.348 e. The molecule has 1 aliphatic rings. The van der Waals surface area contributed by atoms with E-state index in [0.29, 0.717) is 6.61 Å². The van der Waals surface area contributed by atoms with Gasteiger partial charge in [-0.05, 0) is 13.8 Å². The van der Waals surface area contributed by atoms with E-state index >= 15 is 0 Å². The van der Waals surface area contributed by atoms with Gasteiger partial charge in [-0.15, -0.1) is 11.3 Å². The highest BCUT2D eigenvalue weighted by atomic mass is 32.1. The molecule has 2 rings (SSSR count). The van der Waals surface area contributed by atoms with Gasteiger partial charge in [0.25, 0.3) is 0 Å². The Hall–Kier alpha value is -0.490. The van der Waals surface area contributed by atoms with Crippen LogP contribution < -0.4 is 5.32 Å². The van der Waals surface area contributed by atoms with E-state index in [0.717, 1.165) is 13.1 Å². The summed E-state index contributed by atoms with van der Waals surface area (Å²) in [5, 5.41) is 4.60. The highest BCUT2D eigenvalue weighted by molar-refractivity contribution is 7.11. The van der Waals surface area contributed by atoms with Crippen LogP contribution in [0.3, 0.4) is 0 Å². The Morgan fingerprint density at radius 3 is 2.74 bits per heavy atom. The Morgan fingerprint density at radius 2 is 2.21 bits per heavy atom. The smallest absolute Gasteiger partial charge is 0.163 e. The molecule has 1 saturated heterocycles. The van der Waals surface area contributed by atoms with Crippen molar-refractivity contribution in [3.8, 4) is 0 Å². The second-order valence-electron chi connectivity index (χ2n) is 6.46. The number of nitrogens with zero attached hydrogens (tertiary/aromatic N) is 1. The summed E-state index contributed by atoms with van der Waals surface area (Å²) in [5.41, 5.74) is 0.134. The minimum atomic E-state index is -0.434. The van der Waals surface area contributed by atoms with Crippen LogP contribution in [0, 0.1) is 0 Å². The number of ether oxygens (including phenoxy) is 2. The lowest BCUT2D eigenvalue weighted by Crippen LogP contribution is -2.30. The van der Waals surface area contributed by atoms with Gasteiger partial charge < -0.3 is 14.8 Å². The zero-order valence-electron chi connectivity index (χ0n) is 12.4. The van der Waals surface area contributed by atoms with Crippen molar-refractivity contribution in [1.82, 2.24) is 10.3 Å². The normalized spacial score (nSPS) is 22.9. The van der Waals surface area contributed by atoms with Crippen LogP contribution in [0.4, 0.5) is 0 Å². The topological polar surface area (TPSA) is 43.4 Å². The lowest BCUT2D eigenvalue weighted by molar-refractivity contribution is -0.137. The van der Waals surface area contributed by atoms with E-state index in [4.69, 9.17) is 9.47 Å². The van der Waals surface area contributed by atoms with Crippen LogP contribution in [0.15, 0.2) is 6.20 Å². The molecule has 2 heterocycles. The molecule has 0 radical (unpaired) electrons.